The van der Waals surface area contributed by atoms with E-state index >= 15 is 0 Å². The van der Waals surface area contributed by atoms with Gasteiger partial charge in [0.1, 0.15) is 5.82 Å². The van der Waals surface area contributed by atoms with Gasteiger partial charge in [-0.15, -0.1) is 0 Å². The Kier molecular flexibility index (Phi) is 4.20. The van der Waals surface area contributed by atoms with Crippen molar-refractivity contribution in [1.29, 1.82) is 0 Å². The lowest BCUT2D eigenvalue weighted by Crippen LogP contribution is -2.22. The van der Waals surface area contributed by atoms with Crippen molar-refractivity contribution < 1.29 is 12.8 Å². The third kappa shape index (κ3) is 3.23. The summed E-state index contributed by atoms with van der Waals surface area (Å²) in [6, 6.07) is 11.6. The van der Waals surface area contributed by atoms with Gasteiger partial charge in [-0.2, -0.15) is 0 Å². The van der Waals surface area contributed by atoms with Crippen LogP contribution < -0.4 is 5.73 Å². The second-order valence-corrected chi connectivity index (χ2v) is 6.73. The van der Waals surface area contributed by atoms with Crippen molar-refractivity contribution in [2.24, 2.45) is 5.73 Å². The normalized spacial score (nSPS) is 13.2. The minimum Gasteiger partial charge on any atom is -0.323 e. The second-order valence-electron chi connectivity index (χ2n) is 4.70. The summed E-state index contributed by atoms with van der Waals surface area (Å²) in [6.45, 7) is 1.89. The fourth-order valence-electron chi connectivity index (χ4n) is 2.07. The van der Waals surface area contributed by atoms with Crippen LogP contribution >= 0.6 is 0 Å². The summed E-state index contributed by atoms with van der Waals surface area (Å²) < 4.78 is 37.3. The Morgan fingerprint density at radius 3 is 2.30 bits per heavy atom. The van der Waals surface area contributed by atoms with Gasteiger partial charge in [0.2, 0.25) is 0 Å². The van der Waals surface area contributed by atoms with Gasteiger partial charge in [0.15, 0.2) is 9.84 Å². The van der Waals surface area contributed by atoms with Crippen molar-refractivity contribution in [3.8, 4) is 0 Å². The van der Waals surface area contributed by atoms with E-state index in [1.54, 1.807) is 0 Å². The van der Waals surface area contributed by atoms with Crippen LogP contribution in [0.4, 0.5) is 4.39 Å². The Balaban J connectivity index is 2.24. The molecule has 0 saturated carbocycles. The van der Waals surface area contributed by atoms with Gasteiger partial charge in [-0.05, 0) is 42.3 Å². The van der Waals surface area contributed by atoms with Gasteiger partial charge in [0.05, 0.1) is 10.6 Å². The first-order valence-electron chi connectivity index (χ1n) is 6.19. The molecule has 1 atom stereocenters. The van der Waals surface area contributed by atoms with Gasteiger partial charge in [0.25, 0.3) is 0 Å². The van der Waals surface area contributed by atoms with E-state index in [1.807, 2.05) is 31.2 Å². The number of nitrogens with two attached hydrogens (primary N) is 1. The molecule has 0 aliphatic heterocycles. The first kappa shape index (κ1) is 14.7. The number of sulfone groups is 1. The van der Waals surface area contributed by atoms with Crippen LogP contribution in [-0.2, 0) is 9.84 Å². The fraction of sp³-hybridized carbons (Fsp3) is 0.200. The van der Waals surface area contributed by atoms with E-state index in [-0.39, 0.29) is 10.6 Å². The highest BCUT2D eigenvalue weighted by molar-refractivity contribution is 7.91. The molecule has 0 fully saturated rings. The second kappa shape index (κ2) is 5.73. The van der Waals surface area contributed by atoms with E-state index in [9.17, 15) is 12.8 Å². The molecule has 20 heavy (non-hydrogen) atoms. The fourth-order valence-corrected chi connectivity index (χ4v) is 3.46. The topological polar surface area (TPSA) is 60.2 Å². The van der Waals surface area contributed by atoms with Gasteiger partial charge in [-0.25, -0.2) is 12.8 Å². The lowest BCUT2D eigenvalue weighted by molar-refractivity contribution is 0.587. The van der Waals surface area contributed by atoms with Crippen molar-refractivity contribution in [3.63, 3.8) is 0 Å². The highest BCUT2D eigenvalue weighted by Crippen LogP contribution is 2.20. The van der Waals surface area contributed by atoms with E-state index in [4.69, 9.17) is 5.73 Å². The summed E-state index contributed by atoms with van der Waals surface area (Å²) in [5, 5.41) is 0. The van der Waals surface area contributed by atoms with Gasteiger partial charge in [-0.1, -0.05) is 24.3 Å². The average Bonchev–Trinajstić information content (AvgIpc) is 2.39. The number of benzene rings is 2. The molecule has 2 N–H and O–H groups in total. The van der Waals surface area contributed by atoms with E-state index in [1.165, 1.54) is 12.1 Å². The van der Waals surface area contributed by atoms with Gasteiger partial charge < -0.3 is 5.73 Å². The molecule has 3 nitrogen and oxygen atoms in total. The summed E-state index contributed by atoms with van der Waals surface area (Å²) >= 11 is 0. The summed E-state index contributed by atoms with van der Waals surface area (Å²) in [5.74, 6) is -0.670. The molecule has 0 saturated heterocycles. The molecule has 0 spiro atoms. The van der Waals surface area contributed by atoms with Crippen LogP contribution in [0.25, 0.3) is 0 Å². The largest absolute Gasteiger partial charge is 0.323 e. The lowest BCUT2D eigenvalue weighted by Gasteiger charge is -2.15. The molecule has 1 unspecified atom stereocenters. The smallest absolute Gasteiger partial charge is 0.180 e. The molecule has 0 heterocycles. The number of halogens is 1. The molecule has 106 valence electrons. The van der Waals surface area contributed by atoms with E-state index in [0.29, 0.717) is 0 Å². The van der Waals surface area contributed by atoms with Crippen LogP contribution in [0, 0.1) is 12.7 Å². The Bertz CT molecular complexity index is 696. The maximum Gasteiger partial charge on any atom is 0.180 e. The van der Waals surface area contributed by atoms with Crippen LogP contribution in [0.3, 0.4) is 0 Å². The molecule has 2 aromatic carbocycles. The summed E-state index contributed by atoms with van der Waals surface area (Å²) in [4.78, 5) is 0.0861. The quantitative estimate of drug-likeness (QED) is 0.881. The molecule has 2 rings (SSSR count). The minimum atomic E-state index is -3.53. The zero-order valence-corrected chi connectivity index (χ0v) is 11.9. The van der Waals surface area contributed by atoms with Crippen molar-refractivity contribution in [3.05, 3.63) is 65.5 Å². The number of rotatable bonds is 4. The van der Waals surface area contributed by atoms with Crippen LogP contribution in [0.5, 0.6) is 0 Å². The standard InChI is InChI=1S/C15H16FNO2S/c1-11-4-2-3-5-14(11)15(17)10-20(18,19)13-8-6-12(16)7-9-13/h2-9,15H,10,17H2,1H3. The highest BCUT2D eigenvalue weighted by atomic mass is 32.2. The molecule has 2 aromatic rings. The summed E-state index contributed by atoms with van der Waals surface area (Å²) in [6.07, 6.45) is 0. The van der Waals surface area contributed by atoms with E-state index in [0.717, 1.165) is 23.3 Å². The molecule has 5 heteroatoms. The number of aryl methyl sites for hydroxylation is 1. The maximum absolute atomic E-state index is 12.8. The number of hydrogen-bond acceptors (Lipinski definition) is 3. The van der Waals surface area contributed by atoms with Crippen molar-refractivity contribution in [2.45, 2.75) is 17.9 Å². The zero-order valence-electron chi connectivity index (χ0n) is 11.1. The molecule has 0 bridgehead atoms. The lowest BCUT2D eigenvalue weighted by atomic mass is 10.0. The van der Waals surface area contributed by atoms with E-state index in [2.05, 4.69) is 0 Å². The van der Waals surface area contributed by atoms with Gasteiger partial charge in [0, 0.05) is 6.04 Å². The van der Waals surface area contributed by atoms with Crippen molar-refractivity contribution in [2.75, 3.05) is 5.75 Å². The van der Waals surface area contributed by atoms with Crippen LogP contribution in [-0.4, -0.2) is 14.2 Å². The maximum atomic E-state index is 12.8. The van der Waals surface area contributed by atoms with Crippen molar-refractivity contribution >= 4 is 9.84 Å². The van der Waals surface area contributed by atoms with Crippen LogP contribution in [0.2, 0.25) is 0 Å². The molecule has 0 aliphatic carbocycles. The highest BCUT2D eigenvalue weighted by Gasteiger charge is 2.20. The third-order valence-electron chi connectivity index (χ3n) is 3.16. The molecule has 0 radical (unpaired) electrons. The van der Waals surface area contributed by atoms with Crippen LogP contribution in [0.15, 0.2) is 53.4 Å². The first-order valence-corrected chi connectivity index (χ1v) is 7.85. The predicted octanol–water partition coefficient (Wildman–Crippen LogP) is 2.61. The number of hydrogen-bond donors (Lipinski definition) is 1. The molecular weight excluding hydrogens is 277 g/mol. The third-order valence-corrected chi connectivity index (χ3v) is 4.95. The Hall–Kier alpha value is -1.72. The SMILES string of the molecule is Cc1ccccc1C(N)CS(=O)(=O)c1ccc(F)cc1. The van der Waals surface area contributed by atoms with E-state index < -0.39 is 21.7 Å². The molecule has 0 aromatic heterocycles. The van der Waals surface area contributed by atoms with Gasteiger partial charge in [-0.3, -0.25) is 0 Å². The Labute approximate surface area is 118 Å². The van der Waals surface area contributed by atoms with Crippen molar-refractivity contribution in [1.82, 2.24) is 0 Å². The predicted molar refractivity (Wildman–Crippen MR) is 76.6 cm³/mol. The van der Waals surface area contributed by atoms with Gasteiger partial charge >= 0.3 is 0 Å². The monoisotopic (exact) mass is 293 g/mol. The molecular formula is C15H16FNO2S. The zero-order chi connectivity index (χ0) is 14.8. The Morgan fingerprint density at radius 2 is 1.70 bits per heavy atom. The minimum absolute atomic E-state index is 0.0861. The molecule has 0 amide bonds. The average molecular weight is 293 g/mol. The Morgan fingerprint density at radius 1 is 1.10 bits per heavy atom. The van der Waals surface area contributed by atoms with Crippen LogP contribution in [0.1, 0.15) is 17.2 Å². The summed E-state index contributed by atoms with van der Waals surface area (Å²) in [5.41, 5.74) is 7.75. The summed E-state index contributed by atoms with van der Waals surface area (Å²) in [7, 11) is -3.53. The molecule has 0 aliphatic rings. The first-order chi connectivity index (χ1) is 9.40.